The number of hydrogen-bond donors (Lipinski definition) is 0. The van der Waals surface area contributed by atoms with E-state index in [1.54, 1.807) is 25.6 Å². The van der Waals surface area contributed by atoms with E-state index in [-0.39, 0.29) is 0 Å². The Balaban J connectivity index is 3.88. The molecule has 0 radical (unpaired) electrons. The molecule has 0 aromatic carbocycles. The van der Waals surface area contributed by atoms with Crippen molar-refractivity contribution in [3.05, 3.63) is 48.9 Å². The molecule has 0 aromatic rings. The van der Waals surface area contributed by atoms with E-state index in [0.717, 1.165) is 17.8 Å². The molecule has 0 amide bonds. The topological polar surface area (TPSA) is 21.6 Å². The van der Waals surface area contributed by atoms with E-state index in [4.69, 9.17) is 4.74 Å². The van der Waals surface area contributed by atoms with E-state index in [2.05, 4.69) is 18.2 Å². The van der Waals surface area contributed by atoms with Gasteiger partial charge < -0.3 is 4.74 Å². The van der Waals surface area contributed by atoms with Crippen molar-refractivity contribution in [1.29, 1.82) is 0 Å². The van der Waals surface area contributed by atoms with Crippen LogP contribution in [-0.2, 0) is 4.74 Å². The van der Waals surface area contributed by atoms with Crippen molar-refractivity contribution in [2.45, 2.75) is 13.3 Å². The summed E-state index contributed by atoms with van der Waals surface area (Å²) < 4.78 is 4.99. The van der Waals surface area contributed by atoms with Gasteiger partial charge in [0.2, 0.25) is 0 Å². The molecule has 0 aromatic heterocycles. The number of allylic oxidation sites excluding steroid dienone is 4. The van der Waals surface area contributed by atoms with E-state index in [0.29, 0.717) is 0 Å². The highest BCUT2D eigenvalue weighted by atomic mass is 16.5. The van der Waals surface area contributed by atoms with Gasteiger partial charge >= 0.3 is 0 Å². The molecule has 0 bridgehead atoms. The van der Waals surface area contributed by atoms with Crippen LogP contribution in [0.25, 0.3) is 0 Å². The maximum Gasteiger partial charge on any atom is 0.114 e. The third-order valence-electron chi connectivity index (χ3n) is 1.41. The lowest BCUT2D eigenvalue weighted by Crippen LogP contribution is -1.81. The SMILES string of the molecule is C=C/C(=C\C/C=N\C=C/C(=C)C)OC. The molecule has 0 unspecified atom stereocenters. The molecule has 0 saturated carbocycles. The number of aliphatic imine (C=N–C) groups is 1. The van der Waals surface area contributed by atoms with Crippen LogP contribution in [0.2, 0.25) is 0 Å². The Morgan fingerprint density at radius 2 is 2.21 bits per heavy atom. The normalized spacial score (nSPS) is 12.3. The Morgan fingerprint density at radius 3 is 2.71 bits per heavy atom. The molecule has 0 saturated heterocycles. The minimum atomic E-state index is 0.732. The Hall–Kier alpha value is -1.57. The summed E-state index contributed by atoms with van der Waals surface area (Å²) in [6.07, 6.45) is 9.67. The summed E-state index contributed by atoms with van der Waals surface area (Å²) in [7, 11) is 1.62. The van der Waals surface area contributed by atoms with E-state index < -0.39 is 0 Å². The fourth-order valence-electron chi connectivity index (χ4n) is 0.711. The van der Waals surface area contributed by atoms with Gasteiger partial charge in [0.25, 0.3) is 0 Å². The first kappa shape index (κ1) is 12.4. The second-order valence-electron chi connectivity index (χ2n) is 2.74. The zero-order valence-corrected chi connectivity index (χ0v) is 8.86. The Bertz CT molecular complexity index is 272. The van der Waals surface area contributed by atoms with Crippen LogP contribution in [-0.4, -0.2) is 13.3 Å². The summed E-state index contributed by atoms with van der Waals surface area (Å²) in [5, 5.41) is 0. The summed E-state index contributed by atoms with van der Waals surface area (Å²) >= 11 is 0. The first-order valence-corrected chi connectivity index (χ1v) is 4.41. The van der Waals surface area contributed by atoms with Gasteiger partial charge in [0.1, 0.15) is 5.76 Å². The lowest BCUT2D eigenvalue weighted by molar-refractivity contribution is 0.306. The van der Waals surface area contributed by atoms with Gasteiger partial charge in [-0.25, -0.2) is 0 Å². The molecule has 0 fully saturated rings. The molecule has 14 heavy (non-hydrogen) atoms. The Morgan fingerprint density at radius 1 is 1.50 bits per heavy atom. The number of nitrogens with zero attached hydrogens (tertiary/aromatic N) is 1. The quantitative estimate of drug-likeness (QED) is 0.359. The van der Waals surface area contributed by atoms with Gasteiger partial charge in [-0.15, -0.1) is 0 Å². The van der Waals surface area contributed by atoms with Gasteiger partial charge in [0.05, 0.1) is 7.11 Å². The molecule has 0 aliphatic carbocycles. The van der Waals surface area contributed by atoms with Crippen LogP contribution in [0.3, 0.4) is 0 Å². The molecule has 0 rings (SSSR count). The van der Waals surface area contributed by atoms with Crippen LogP contribution in [0.15, 0.2) is 53.9 Å². The molecular weight excluding hydrogens is 174 g/mol. The third-order valence-corrected chi connectivity index (χ3v) is 1.41. The molecule has 0 atom stereocenters. The third kappa shape index (κ3) is 7.10. The maximum atomic E-state index is 4.99. The van der Waals surface area contributed by atoms with Gasteiger partial charge in [-0.1, -0.05) is 18.7 Å². The first-order chi connectivity index (χ1) is 6.70. The van der Waals surface area contributed by atoms with Gasteiger partial charge in [0, 0.05) is 18.8 Å². The predicted octanol–water partition coefficient (Wildman–Crippen LogP) is 3.25. The van der Waals surface area contributed by atoms with Crippen molar-refractivity contribution >= 4 is 6.21 Å². The molecule has 2 nitrogen and oxygen atoms in total. The van der Waals surface area contributed by atoms with Crippen molar-refractivity contribution < 1.29 is 4.74 Å². The molecular formula is C12H17NO. The summed E-state index contributed by atoms with van der Waals surface area (Å²) in [6.45, 7) is 9.25. The molecule has 0 aliphatic heterocycles. The van der Waals surface area contributed by atoms with Crippen molar-refractivity contribution in [2.75, 3.05) is 7.11 Å². The van der Waals surface area contributed by atoms with E-state index in [9.17, 15) is 0 Å². The van der Waals surface area contributed by atoms with Crippen LogP contribution in [0.5, 0.6) is 0 Å². The second kappa shape index (κ2) is 8.05. The minimum absolute atomic E-state index is 0.732. The molecule has 76 valence electrons. The van der Waals surface area contributed by atoms with Gasteiger partial charge in [-0.2, -0.15) is 0 Å². The highest BCUT2D eigenvalue weighted by Crippen LogP contribution is 1.97. The summed E-state index contributed by atoms with van der Waals surface area (Å²) in [5.41, 5.74) is 0.987. The average molecular weight is 191 g/mol. The average Bonchev–Trinajstić information content (AvgIpc) is 2.16. The van der Waals surface area contributed by atoms with Crippen LogP contribution in [0.1, 0.15) is 13.3 Å². The fourth-order valence-corrected chi connectivity index (χ4v) is 0.711. The van der Waals surface area contributed by atoms with E-state index in [1.807, 2.05) is 19.1 Å². The number of rotatable bonds is 6. The zero-order valence-electron chi connectivity index (χ0n) is 8.86. The van der Waals surface area contributed by atoms with Crippen molar-refractivity contribution in [1.82, 2.24) is 0 Å². The minimum Gasteiger partial charge on any atom is -0.497 e. The van der Waals surface area contributed by atoms with Crippen LogP contribution in [0.4, 0.5) is 0 Å². The Labute approximate surface area is 86.0 Å². The Kier molecular flexibility index (Phi) is 7.15. The largest absolute Gasteiger partial charge is 0.497 e. The number of hydrogen-bond acceptors (Lipinski definition) is 2. The maximum absolute atomic E-state index is 4.99. The van der Waals surface area contributed by atoms with E-state index >= 15 is 0 Å². The monoisotopic (exact) mass is 191 g/mol. The lowest BCUT2D eigenvalue weighted by atomic mass is 10.3. The van der Waals surface area contributed by atoms with Crippen molar-refractivity contribution in [2.24, 2.45) is 4.99 Å². The molecule has 0 heterocycles. The lowest BCUT2D eigenvalue weighted by Gasteiger charge is -1.96. The highest BCUT2D eigenvalue weighted by molar-refractivity contribution is 5.60. The van der Waals surface area contributed by atoms with Crippen molar-refractivity contribution in [3.8, 4) is 0 Å². The number of ether oxygens (including phenoxy) is 1. The highest BCUT2D eigenvalue weighted by Gasteiger charge is 1.83. The van der Waals surface area contributed by atoms with Crippen molar-refractivity contribution in [3.63, 3.8) is 0 Å². The van der Waals surface area contributed by atoms with Gasteiger partial charge in [0.15, 0.2) is 0 Å². The fraction of sp³-hybridized carbons (Fsp3) is 0.250. The summed E-state index contributed by atoms with van der Waals surface area (Å²) in [5.74, 6) is 0.764. The van der Waals surface area contributed by atoms with Crippen LogP contribution >= 0.6 is 0 Å². The van der Waals surface area contributed by atoms with Crippen LogP contribution in [0, 0.1) is 0 Å². The van der Waals surface area contributed by atoms with E-state index in [1.165, 1.54) is 0 Å². The molecule has 0 N–H and O–H groups in total. The van der Waals surface area contributed by atoms with Crippen LogP contribution < -0.4 is 0 Å². The summed E-state index contributed by atoms with van der Waals surface area (Å²) in [4.78, 5) is 4.05. The standard InChI is InChI=1S/C12H17NO/c1-5-12(14-4)7-6-9-13-10-8-11(2)3/h5,7-10H,1-2,6H2,3-4H3/b10-8-,12-7+,13-9-. The zero-order chi connectivity index (χ0) is 10.8. The first-order valence-electron chi connectivity index (χ1n) is 4.41. The predicted molar refractivity (Wildman–Crippen MR) is 62.4 cm³/mol. The second-order valence-corrected chi connectivity index (χ2v) is 2.74. The molecule has 0 spiro atoms. The molecule has 0 aliphatic rings. The smallest absolute Gasteiger partial charge is 0.114 e. The van der Waals surface area contributed by atoms with Gasteiger partial charge in [-0.3, -0.25) is 4.99 Å². The molecule has 2 heteroatoms. The number of methoxy groups -OCH3 is 1. The van der Waals surface area contributed by atoms with Gasteiger partial charge in [-0.05, 0) is 25.2 Å². The summed E-state index contributed by atoms with van der Waals surface area (Å²) in [6, 6.07) is 0.